The normalized spacial score (nSPS) is 25.1. The molecule has 0 aromatic carbocycles. The molecule has 1 heterocycles. The highest BCUT2D eigenvalue weighted by molar-refractivity contribution is 5.80. The van der Waals surface area contributed by atoms with Gasteiger partial charge in [-0.05, 0) is 66.2 Å². The molecule has 1 unspecified atom stereocenters. The third kappa shape index (κ3) is 10.5. The summed E-state index contributed by atoms with van der Waals surface area (Å²) in [7, 11) is 0. The third-order valence-electron chi connectivity index (χ3n) is 5.23. The van der Waals surface area contributed by atoms with E-state index in [1.54, 1.807) is 0 Å². The van der Waals surface area contributed by atoms with E-state index >= 15 is 0 Å². The zero-order chi connectivity index (χ0) is 21.8. The van der Waals surface area contributed by atoms with Crippen molar-refractivity contribution in [3.05, 3.63) is 0 Å². The van der Waals surface area contributed by atoms with Gasteiger partial charge in [0.15, 0.2) is 5.96 Å². The molecule has 30 heavy (non-hydrogen) atoms. The minimum absolute atomic E-state index is 0.180. The Morgan fingerprint density at radius 2 is 1.80 bits per heavy atom. The maximum atomic E-state index is 11.9. The third-order valence-corrected chi connectivity index (χ3v) is 5.23. The van der Waals surface area contributed by atoms with Gasteiger partial charge in [0.05, 0.1) is 13.2 Å². The number of nitrogens with one attached hydrogen (secondary N) is 3. The Morgan fingerprint density at radius 3 is 2.40 bits per heavy atom. The van der Waals surface area contributed by atoms with E-state index in [-0.39, 0.29) is 12.1 Å². The zero-order valence-corrected chi connectivity index (χ0v) is 19.3. The maximum Gasteiger partial charge on any atom is 0.407 e. The lowest BCUT2D eigenvalue weighted by Gasteiger charge is -2.31. The number of guanidine groups is 1. The molecular weight excluding hydrogens is 384 g/mol. The standard InChI is InChI=1S/C22H42N4O4/c1-5-23-20(24-12-6-13-28-15-17-11-14-29-16-17)25-18-7-9-19(10-8-18)26-21(27)30-22(2,3)4/h17-19H,5-16H2,1-4H3,(H,26,27)(H2,23,24,25). The summed E-state index contributed by atoms with van der Waals surface area (Å²) in [5.74, 6) is 1.43. The van der Waals surface area contributed by atoms with Crippen LogP contribution in [0.5, 0.6) is 0 Å². The summed E-state index contributed by atoms with van der Waals surface area (Å²) in [6.07, 6.45) is 5.58. The molecule has 0 bridgehead atoms. The topological polar surface area (TPSA) is 93.2 Å². The number of ether oxygens (including phenoxy) is 3. The Hall–Kier alpha value is -1.54. The molecule has 1 atom stereocenters. The molecule has 0 aromatic heterocycles. The van der Waals surface area contributed by atoms with Crippen molar-refractivity contribution in [1.29, 1.82) is 0 Å². The van der Waals surface area contributed by atoms with E-state index in [1.807, 2.05) is 20.8 Å². The lowest BCUT2D eigenvalue weighted by molar-refractivity contribution is 0.0490. The summed E-state index contributed by atoms with van der Waals surface area (Å²) >= 11 is 0. The van der Waals surface area contributed by atoms with Crippen LogP contribution in [-0.2, 0) is 14.2 Å². The summed E-state index contributed by atoms with van der Waals surface area (Å²) in [5, 5.41) is 9.86. The van der Waals surface area contributed by atoms with Crippen molar-refractivity contribution in [2.45, 2.75) is 83.9 Å². The number of hydrogen-bond acceptors (Lipinski definition) is 5. The van der Waals surface area contributed by atoms with Gasteiger partial charge in [0.2, 0.25) is 0 Å². The van der Waals surface area contributed by atoms with Crippen molar-refractivity contribution in [3.63, 3.8) is 0 Å². The Kier molecular flexibility index (Phi) is 10.7. The van der Waals surface area contributed by atoms with Crippen LogP contribution in [0.2, 0.25) is 0 Å². The van der Waals surface area contributed by atoms with E-state index in [9.17, 15) is 4.79 Å². The zero-order valence-electron chi connectivity index (χ0n) is 19.3. The van der Waals surface area contributed by atoms with E-state index in [0.717, 1.165) is 84.0 Å². The van der Waals surface area contributed by atoms with Crippen LogP contribution < -0.4 is 16.0 Å². The maximum absolute atomic E-state index is 11.9. The van der Waals surface area contributed by atoms with Crippen LogP contribution >= 0.6 is 0 Å². The quantitative estimate of drug-likeness (QED) is 0.298. The number of rotatable bonds is 9. The summed E-state index contributed by atoms with van der Waals surface area (Å²) in [6.45, 7) is 12.5. The number of carbonyl (C=O) groups is 1. The van der Waals surface area contributed by atoms with Crippen molar-refractivity contribution in [2.24, 2.45) is 10.9 Å². The highest BCUT2D eigenvalue weighted by Gasteiger charge is 2.25. The number of aliphatic imine (C=N–C) groups is 1. The molecule has 2 rings (SSSR count). The molecule has 8 nitrogen and oxygen atoms in total. The molecule has 3 N–H and O–H groups in total. The van der Waals surface area contributed by atoms with Crippen LogP contribution in [0, 0.1) is 5.92 Å². The number of hydrogen-bond donors (Lipinski definition) is 3. The van der Waals surface area contributed by atoms with Gasteiger partial charge in [-0.25, -0.2) is 4.79 Å². The molecule has 0 aromatic rings. The predicted octanol–water partition coefficient (Wildman–Crippen LogP) is 2.82. The van der Waals surface area contributed by atoms with Crippen LogP contribution in [0.15, 0.2) is 4.99 Å². The fourth-order valence-corrected chi connectivity index (χ4v) is 3.69. The Bertz CT molecular complexity index is 522. The van der Waals surface area contributed by atoms with Gasteiger partial charge < -0.3 is 30.2 Å². The van der Waals surface area contributed by atoms with Crippen LogP contribution in [0.25, 0.3) is 0 Å². The van der Waals surface area contributed by atoms with Gasteiger partial charge in [-0.1, -0.05) is 0 Å². The van der Waals surface area contributed by atoms with E-state index in [4.69, 9.17) is 14.2 Å². The lowest BCUT2D eigenvalue weighted by Crippen LogP contribution is -2.48. The molecule has 1 saturated heterocycles. The number of alkyl carbamates (subject to hydrolysis) is 1. The molecule has 2 fully saturated rings. The predicted molar refractivity (Wildman–Crippen MR) is 119 cm³/mol. The minimum atomic E-state index is -0.462. The van der Waals surface area contributed by atoms with Gasteiger partial charge in [-0.3, -0.25) is 4.99 Å². The summed E-state index contributed by atoms with van der Waals surface area (Å²) in [6, 6.07) is 0.554. The number of nitrogens with zero attached hydrogens (tertiary/aromatic N) is 1. The average molecular weight is 427 g/mol. The van der Waals surface area contributed by atoms with E-state index in [1.165, 1.54) is 0 Å². The fourth-order valence-electron chi connectivity index (χ4n) is 3.69. The van der Waals surface area contributed by atoms with Gasteiger partial charge in [-0.15, -0.1) is 0 Å². The molecule has 1 aliphatic heterocycles. The largest absolute Gasteiger partial charge is 0.444 e. The molecular formula is C22H42N4O4. The smallest absolute Gasteiger partial charge is 0.407 e. The Morgan fingerprint density at radius 1 is 1.10 bits per heavy atom. The highest BCUT2D eigenvalue weighted by Crippen LogP contribution is 2.19. The van der Waals surface area contributed by atoms with Crippen LogP contribution in [-0.4, -0.2) is 69.3 Å². The van der Waals surface area contributed by atoms with Gasteiger partial charge in [-0.2, -0.15) is 0 Å². The summed E-state index contributed by atoms with van der Waals surface area (Å²) in [5.41, 5.74) is -0.462. The molecule has 0 spiro atoms. The van der Waals surface area contributed by atoms with Crippen LogP contribution in [0.4, 0.5) is 4.79 Å². The van der Waals surface area contributed by atoms with Gasteiger partial charge in [0.1, 0.15) is 5.60 Å². The van der Waals surface area contributed by atoms with E-state index < -0.39 is 5.60 Å². The first kappa shape index (κ1) is 24.7. The van der Waals surface area contributed by atoms with Gasteiger partial charge in [0, 0.05) is 44.3 Å². The van der Waals surface area contributed by atoms with Crippen LogP contribution in [0.3, 0.4) is 0 Å². The van der Waals surface area contributed by atoms with Crippen molar-refractivity contribution in [3.8, 4) is 0 Å². The van der Waals surface area contributed by atoms with E-state index in [2.05, 4.69) is 27.9 Å². The SMILES string of the molecule is CCNC(=NCCCOCC1CCOC1)NC1CCC(NC(=O)OC(C)(C)C)CC1. The Balaban J connectivity index is 1.62. The number of amides is 1. The summed E-state index contributed by atoms with van der Waals surface area (Å²) < 4.78 is 16.5. The molecule has 0 radical (unpaired) electrons. The highest BCUT2D eigenvalue weighted by atomic mass is 16.6. The summed E-state index contributed by atoms with van der Waals surface area (Å²) in [4.78, 5) is 16.6. The first-order valence-electron chi connectivity index (χ1n) is 11.6. The second-order valence-electron chi connectivity index (χ2n) is 9.26. The van der Waals surface area contributed by atoms with Crippen molar-refractivity contribution < 1.29 is 19.0 Å². The van der Waals surface area contributed by atoms with Crippen LogP contribution in [0.1, 0.15) is 66.2 Å². The van der Waals surface area contributed by atoms with Crippen molar-refractivity contribution in [1.82, 2.24) is 16.0 Å². The Labute approximate surface area is 181 Å². The molecule has 174 valence electrons. The second-order valence-corrected chi connectivity index (χ2v) is 9.26. The average Bonchev–Trinajstić information content (AvgIpc) is 3.18. The van der Waals surface area contributed by atoms with Gasteiger partial charge >= 0.3 is 6.09 Å². The lowest BCUT2D eigenvalue weighted by atomic mass is 9.91. The monoisotopic (exact) mass is 426 g/mol. The fraction of sp³-hybridized carbons (Fsp3) is 0.909. The second kappa shape index (κ2) is 13.0. The molecule has 8 heteroatoms. The van der Waals surface area contributed by atoms with E-state index in [0.29, 0.717) is 12.0 Å². The molecule has 2 aliphatic rings. The first-order valence-corrected chi connectivity index (χ1v) is 11.6. The minimum Gasteiger partial charge on any atom is -0.444 e. The van der Waals surface area contributed by atoms with Crippen molar-refractivity contribution >= 4 is 12.1 Å². The molecule has 1 aliphatic carbocycles. The van der Waals surface area contributed by atoms with Crippen molar-refractivity contribution in [2.75, 3.05) is 39.5 Å². The first-order chi connectivity index (χ1) is 14.4. The number of carbonyl (C=O) groups excluding carboxylic acids is 1. The van der Waals surface area contributed by atoms with Gasteiger partial charge in [0.25, 0.3) is 0 Å². The molecule has 1 amide bonds. The molecule has 1 saturated carbocycles.